The second kappa shape index (κ2) is 7.50. The molecule has 1 aliphatic carbocycles. The van der Waals surface area contributed by atoms with Gasteiger partial charge in [-0.15, -0.1) is 0 Å². The molecule has 2 aromatic rings. The Morgan fingerprint density at radius 1 is 1.31 bits per heavy atom. The number of amides is 1. The molecule has 1 aromatic carbocycles. The fourth-order valence-electron chi connectivity index (χ4n) is 3.43. The summed E-state index contributed by atoms with van der Waals surface area (Å²) in [5.41, 5.74) is 2.81. The van der Waals surface area contributed by atoms with Crippen molar-refractivity contribution in [3.05, 3.63) is 39.2 Å². The van der Waals surface area contributed by atoms with E-state index in [0.29, 0.717) is 17.8 Å². The monoisotopic (exact) mass is 359 g/mol. The van der Waals surface area contributed by atoms with Crippen LogP contribution >= 0.6 is 0 Å². The van der Waals surface area contributed by atoms with E-state index in [9.17, 15) is 14.7 Å². The highest BCUT2D eigenvalue weighted by molar-refractivity contribution is 5.89. The molecule has 140 valence electrons. The summed E-state index contributed by atoms with van der Waals surface area (Å²) in [5.74, 6) is 0.393. The van der Waals surface area contributed by atoms with Gasteiger partial charge in [0.1, 0.15) is 11.3 Å². The third-order valence-electron chi connectivity index (χ3n) is 4.89. The average molecular weight is 359 g/mol. The normalized spacial score (nSPS) is 14.5. The minimum Gasteiger partial charge on any atom is -0.483 e. The molecule has 6 nitrogen and oxygen atoms in total. The predicted molar refractivity (Wildman–Crippen MR) is 98.6 cm³/mol. The summed E-state index contributed by atoms with van der Waals surface area (Å²) in [6.45, 7) is 5.48. The number of aryl methyl sites for hydroxylation is 2. The lowest BCUT2D eigenvalue weighted by Crippen LogP contribution is -2.43. The van der Waals surface area contributed by atoms with Crippen molar-refractivity contribution in [3.63, 3.8) is 0 Å². The van der Waals surface area contributed by atoms with Crippen molar-refractivity contribution in [1.29, 1.82) is 0 Å². The number of aliphatic hydroxyl groups excluding tert-OH is 1. The van der Waals surface area contributed by atoms with Crippen molar-refractivity contribution < 1.29 is 19.1 Å². The van der Waals surface area contributed by atoms with Crippen LogP contribution in [0.15, 0.2) is 21.3 Å². The summed E-state index contributed by atoms with van der Waals surface area (Å²) < 4.78 is 11.3. The lowest BCUT2D eigenvalue weighted by Gasteiger charge is -2.20. The number of carbonyl (C=O) groups excluding carboxylic acids is 1. The van der Waals surface area contributed by atoms with Crippen molar-refractivity contribution >= 4 is 16.9 Å². The molecule has 1 aliphatic rings. The molecule has 3 rings (SSSR count). The molecular formula is C20H25NO5. The summed E-state index contributed by atoms with van der Waals surface area (Å²) in [5, 5.41) is 12.9. The van der Waals surface area contributed by atoms with Gasteiger partial charge in [0.25, 0.3) is 5.91 Å². The topological polar surface area (TPSA) is 88.8 Å². The lowest BCUT2D eigenvalue weighted by molar-refractivity contribution is -0.124. The van der Waals surface area contributed by atoms with Crippen LogP contribution in [0.4, 0.5) is 0 Å². The van der Waals surface area contributed by atoms with E-state index in [2.05, 4.69) is 5.32 Å². The van der Waals surface area contributed by atoms with Gasteiger partial charge in [0.2, 0.25) is 0 Å². The van der Waals surface area contributed by atoms with Crippen LogP contribution < -0.4 is 15.7 Å². The van der Waals surface area contributed by atoms with E-state index in [1.54, 1.807) is 0 Å². The first-order chi connectivity index (χ1) is 12.4. The molecule has 0 bridgehead atoms. The summed E-state index contributed by atoms with van der Waals surface area (Å²) in [7, 11) is 0. The number of carbonyl (C=O) groups is 1. The Morgan fingerprint density at radius 2 is 2.04 bits per heavy atom. The maximum absolute atomic E-state index is 12.2. The van der Waals surface area contributed by atoms with Crippen LogP contribution in [0.2, 0.25) is 0 Å². The minimum absolute atomic E-state index is 0.116. The van der Waals surface area contributed by atoms with Crippen LogP contribution in [0.25, 0.3) is 11.0 Å². The first-order valence-corrected chi connectivity index (χ1v) is 9.03. The number of ether oxygens (including phenoxy) is 1. The minimum atomic E-state index is -0.303. The van der Waals surface area contributed by atoms with Crippen LogP contribution in [-0.4, -0.2) is 30.3 Å². The Kier molecular flexibility index (Phi) is 5.32. The number of hydrogen-bond donors (Lipinski definition) is 2. The molecule has 26 heavy (non-hydrogen) atoms. The molecule has 6 heteroatoms. The number of benzene rings is 1. The van der Waals surface area contributed by atoms with Gasteiger partial charge in [-0.3, -0.25) is 4.79 Å². The van der Waals surface area contributed by atoms with E-state index < -0.39 is 0 Å². The number of nitrogens with one attached hydrogen (secondary N) is 1. The number of fused-ring (bicyclic) bond motifs is 3. The van der Waals surface area contributed by atoms with E-state index in [1.807, 2.05) is 32.9 Å². The van der Waals surface area contributed by atoms with Gasteiger partial charge in [-0.1, -0.05) is 13.8 Å². The van der Waals surface area contributed by atoms with Crippen molar-refractivity contribution in [3.8, 4) is 5.75 Å². The van der Waals surface area contributed by atoms with Crippen molar-refractivity contribution in [2.45, 2.75) is 46.1 Å². The van der Waals surface area contributed by atoms with E-state index in [1.165, 1.54) is 0 Å². The molecule has 0 fully saturated rings. The second-order valence-electron chi connectivity index (χ2n) is 7.23. The van der Waals surface area contributed by atoms with E-state index in [-0.39, 0.29) is 36.7 Å². The van der Waals surface area contributed by atoms with Gasteiger partial charge in [0.05, 0.1) is 18.0 Å². The number of rotatable bonds is 6. The SMILES string of the molecule is Cc1cc(OCC(=O)N[C@H](CO)C(C)C)c2c3c(c(=O)oc2c1)CCC3. The third kappa shape index (κ3) is 3.60. The third-order valence-corrected chi connectivity index (χ3v) is 4.89. The maximum Gasteiger partial charge on any atom is 0.339 e. The summed E-state index contributed by atoms with van der Waals surface area (Å²) in [4.78, 5) is 24.3. The highest BCUT2D eigenvalue weighted by Gasteiger charge is 2.23. The van der Waals surface area contributed by atoms with Crippen molar-refractivity contribution in [2.75, 3.05) is 13.2 Å². The molecule has 0 radical (unpaired) electrons. The van der Waals surface area contributed by atoms with Crippen LogP contribution in [0.3, 0.4) is 0 Å². The molecule has 1 aromatic heterocycles. The Bertz CT molecular complexity index is 884. The molecule has 1 atom stereocenters. The standard InChI is InChI=1S/C20H25NO5/c1-11(2)15(9-22)21-18(23)10-25-16-7-12(3)8-17-19(16)13-5-4-6-14(13)20(24)26-17/h7-8,11,15,22H,4-6,9-10H2,1-3H3,(H,21,23)/t15-/m1/s1. The predicted octanol–water partition coefficient (Wildman–Crippen LogP) is 2.10. The van der Waals surface area contributed by atoms with E-state index >= 15 is 0 Å². The summed E-state index contributed by atoms with van der Waals surface area (Å²) in [6, 6.07) is 3.38. The van der Waals surface area contributed by atoms with Gasteiger partial charge in [-0.05, 0) is 55.4 Å². The fraction of sp³-hybridized carbons (Fsp3) is 0.500. The maximum atomic E-state index is 12.2. The number of hydrogen-bond acceptors (Lipinski definition) is 5. The molecule has 1 heterocycles. The van der Waals surface area contributed by atoms with Gasteiger partial charge in [-0.25, -0.2) is 4.79 Å². The van der Waals surface area contributed by atoms with Crippen molar-refractivity contribution in [2.24, 2.45) is 5.92 Å². The van der Waals surface area contributed by atoms with Gasteiger partial charge in [-0.2, -0.15) is 0 Å². The van der Waals surface area contributed by atoms with Crippen LogP contribution in [0.1, 0.15) is 37.0 Å². The van der Waals surface area contributed by atoms with Crippen LogP contribution in [-0.2, 0) is 17.6 Å². The Morgan fingerprint density at radius 3 is 2.73 bits per heavy atom. The molecule has 0 saturated heterocycles. The molecule has 0 saturated carbocycles. The van der Waals surface area contributed by atoms with Gasteiger partial charge >= 0.3 is 5.63 Å². The Balaban J connectivity index is 1.87. The highest BCUT2D eigenvalue weighted by Crippen LogP contribution is 2.35. The molecule has 0 spiro atoms. The smallest absolute Gasteiger partial charge is 0.339 e. The average Bonchev–Trinajstić information content (AvgIpc) is 3.07. The van der Waals surface area contributed by atoms with Crippen LogP contribution in [0.5, 0.6) is 5.75 Å². The van der Waals surface area contributed by atoms with E-state index in [0.717, 1.165) is 34.9 Å². The van der Waals surface area contributed by atoms with Crippen molar-refractivity contribution in [1.82, 2.24) is 5.32 Å². The molecular weight excluding hydrogens is 334 g/mol. The van der Waals surface area contributed by atoms with Crippen LogP contribution in [0, 0.1) is 12.8 Å². The second-order valence-corrected chi connectivity index (χ2v) is 7.23. The lowest BCUT2D eigenvalue weighted by atomic mass is 10.0. The highest BCUT2D eigenvalue weighted by atomic mass is 16.5. The summed E-state index contributed by atoms with van der Waals surface area (Å²) >= 11 is 0. The first kappa shape index (κ1) is 18.5. The molecule has 2 N–H and O–H groups in total. The zero-order chi connectivity index (χ0) is 18.8. The molecule has 1 amide bonds. The quantitative estimate of drug-likeness (QED) is 0.771. The van der Waals surface area contributed by atoms with Gasteiger partial charge in [0, 0.05) is 5.56 Å². The Labute approximate surface area is 152 Å². The van der Waals surface area contributed by atoms with Gasteiger partial charge in [0.15, 0.2) is 6.61 Å². The molecule has 0 unspecified atom stereocenters. The molecule has 0 aliphatic heterocycles. The zero-order valence-corrected chi connectivity index (χ0v) is 15.4. The first-order valence-electron chi connectivity index (χ1n) is 9.03. The summed E-state index contributed by atoms with van der Waals surface area (Å²) in [6.07, 6.45) is 2.44. The van der Waals surface area contributed by atoms with Gasteiger partial charge < -0.3 is 19.6 Å². The fourth-order valence-corrected chi connectivity index (χ4v) is 3.43. The number of aliphatic hydroxyl groups is 1. The van der Waals surface area contributed by atoms with E-state index in [4.69, 9.17) is 9.15 Å². The zero-order valence-electron chi connectivity index (χ0n) is 15.4. The Hall–Kier alpha value is -2.34. The largest absolute Gasteiger partial charge is 0.483 e.